The number of aliphatic hydroxyl groups excluding tert-OH is 2. The fourth-order valence-electron chi connectivity index (χ4n) is 6.41. The van der Waals surface area contributed by atoms with Crippen molar-refractivity contribution in [3.63, 3.8) is 0 Å². The van der Waals surface area contributed by atoms with Gasteiger partial charge in [-0.15, -0.1) is 0 Å². The number of aliphatic hydroxyl groups is 2. The molecule has 0 bridgehead atoms. The van der Waals surface area contributed by atoms with E-state index in [0.29, 0.717) is 17.7 Å². The molecule has 3 aromatic rings. The first-order valence-electron chi connectivity index (χ1n) is 20.1. The van der Waals surface area contributed by atoms with Crippen molar-refractivity contribution in [2.75, 3.05) is 32.2 Å². The number of nitrogen functional groups attached to an aromatic ring is 1. The van der Waals surface area contributed by atoms with Gasteiger partial charge in [-0.25, -0.2) is 18.5 Å². The molecule has 17 heteroatoms. The summed E-state index contributed by atoms with van der Waals surface area (Å²) >= 11 is 0. The first kappa shape index (κ1) is 47.7. The minimum atomic E-state index is -4.92. The largest absolute Gasteiger partial charge is 0.472 e. The van der Waals surface area contributed by atoms with Gasteiger partial charge in [0.05, 0.1) is 43.8 Å². The average Bonchev–Trinajstić information content (AvgIpc) is 3.63. The van der Waals surface area contributed by atoms with Crippen LogP contribution in [-0.4, -0.2) is 74.4 Å². The van der Waals surface area contributed by atoms with Crippen LogP contribution in [0.25, 0.3) is 5.52 Å². The molecule has 0 amide bonds. The molecular formula is C40H60FN6O9P. The number of hydrogen-bond donors (Lipinski definition) is 4. The lowest BCUT2D eigenvalue weighted by atomic mass is 10.0. The molecule has 57 heavy (non-hydrogen) atoms. The van der Waals surface area contributed by atoms with E-state index in [0.717, 1.165) is 38.1 Å². The Morgan fingerprint density at radius 2 is 1.49 bits per heavy atom. The second-order valence-corrected chi connectivity index (χ2v) is 15.6. The maximum atomic E-state index is 13.9. The lowest BCUT2D eigenvalue weighted by Crippen LogP contribution is -2.37. The van der Waals surface area contributed by atoms with E-state index in [9.17, 15) is 29.3 Å². The molecule has 1 unspecified atom stereocenters. The Morgan fingerprint density at radius 3 is 2.11 bits per heavy atom. The number of hydrogen-bond acceptors (Lipinski definition) is 13. The SMILES string of the molecule is CCCCCCCCCCCCCCCCCCOC[C@H](COCc1cc(F)cc(C#N)c1)OP(=O)(O)OC[C@@H](OC#N)[C@@H](O)[C@@H](O)c1ccc2c(N)ncnn12. The Hall–Kier alpha value is -3.70. The van der Waals surface area contributed by atoms with Gasteiger partial charge in [0.25, 0.3) is 6.26 Å². The molecule has 5 N–H and O–H groups in total. The summed E-state index contributed by atoms with van der Waals surface area (Å²) in [6.07, 6.45) is 16.1. The molecule has 0 spiro atoms. The molecule has 3 rings (SSSR count). The highest BCUT2D eigenvalue weighted by Gasteiger charge is 2.35. The second kappa shape index (κ2) is 27.1. The molecule has 0 aliphatic heterocycles. The van der Waals surface area contributed by atoms with E-state index < -0.39 is 44.7 Å². The number of nitrogens with zero attached hydrogens (tertiary/aromatic N) is 5. The second-order valence-electron chi connectivity index (χ2n) is 14.2. The topological polar surface area (TPSA) is 228 Å². The normalized spacial score (nSPS) is 14.7. The van der Waals surface area contributed by atoms with E-state index in [4.69, 9.17) is 34.3 Å². The summed E-state index contributed by atoms with van der Waals surface area (Å²) in [6, 6.07) is 8.59. The molecule has 5 atom stereocenters. The lowest BCUT2D eigenvalue weighted by molar-refractivity contribution is -0.0827. The van der Waals surface area contributed by atoms with Gasteiger partial charge in [0.15, 0.2) is 11.9 Å². The molecule has 0 saturated carbocycles. The van der Waals surface area contributed by atoms with E-state index in [1.165, 1.54) is 112 Å². The fourth-order valence-corrected chi connectivity index (χ4v) is 7.31. The summed E-state index contributed by atoms with van der Waals surface area (Å²) in [5.74, 6) is -0.486. The van der Waals surface area contributed by atoms with Crippen LogP contribution in [-0.2, 0) is 34.4 Å². The van der Waals surface area contributed by atoms with E-state index in [2.05, 4.69) is 17.0 Å². The van der Waals surface area contributed by atoms with Crippen molar-refractivity contribution < 1.29 is 47.3 Å². The van der Waals surface area contributed by atoms with Crippen molar-refractivity contribution in [1.29, 1.82) is 10.5 Å². The Balaban J connectivity index is 1.45. The van der Waals surface area contributed by atoms with Crippen LogP contribution in [0.2, 0.25) is 0 Å². The first-order chi connectivity index (χ1) is 27.6. The number of anilines is 1. The Labute approximate surface area is 335 Å². The van der Waals surface area contributed by atoms with Crippen LogP contribution in [0, 0.1) is 28.7 Å². The van der Waals surface area contributed by atoms with Gasteiger partial charge in [-0.05, 0) is 42.3 Å². The third-order valence-corrected chi connectivity index (χ3v) is 10.6. The number of fused-ring (bicyclic) bond motifs is 1. The number of unbranched alkanes of at least 4 members (excludes halogenated alkanes) is 15. The number of nitriles is 2. The van der Waals surface area contributed by atoms with Crippen molar-refractivity contribution in [3.05, 3.63) is 59.3 Å². The molecule has 0 radical (unpaired) electrons. The number of phosphoric ester groups is 1. The van der Waals surface area contributed by atoms with E-state index in [-0.39, 0.29) is 36.9 Å². The Bertz CT molecular complexity index is 1720. The number of phosphoric acid groups is 1. The van der Waals surface area contributed by atoms with Crippen LogP contribution in [0.3, 0.4) is 0 Å². The van der Waals surface area contributed by atoms with Crippen molar-refractivity contribution in [2.45, 2.75) is 141 Å². The standard InChI is InChI=1S/C40H60FN6O9P/c1-2-3-4-5-6-7-8-9-10-11-12-13-14-15-16-17-20-52-26-34(27-53-25-32-21-31(24-42)22-33(41)23-32)56-57(50,51)55-28-37(54-29-43)39(49)38(48)35-18-19-36-40(44)45-30-46-47(35)36/h18-19,21-23,30,34,37-39,48-49H,2-17,20,25-28H2,1H3,(H,50,51)(H2,44,45,46)/t34-,37-,38+,39-/m1/s1. The average molecular weight is 819 g/mol. The van der Waals surface area contributed by atoms with E-state index >= 15 is 0 Å². The number of benzene rings is 1. The number of rotatable bonds is 32. The highest BCUT2D eigenvalue weighted by molar-refractivity contribution is 7.47. The summed E-state index contributed by atoms with van der Waals surface area (Å²) < 4.78 is 55.1. The number of aromatic nitrogens is 3. The Morgan fingerprint density at radius 1 is 0.877 bits per heavy atom. The van der Waals surface area contributed by atoms with Crippen LogP contribution in [0.5, 0.6) is 0 Å². The lowest BCUT2D eigenvalue weighted by Gasteiger charge is -2.26. The Kier molecular flexibility index (Phi) is 22.6. The van der Waals surface area contributed by atoms with Crippen LogP contribution >= 0.6 is 7.82 Å². The predicted molar refractivity (Wildman–Crippen MR) is 211 cm³/mol. The third kappa shape index (κ3) is 18.2. The highest BCUT2D eigenvalue weighted by Crippen LogP contribution is 2.45. The van der Waals surface area contributed by atoms with E-state index in [1.807, 2.05) is 6.07 Å². The predicted octanol–water partition coefficient (Wildman–Crippen LogP) is 7.58. The molecule has 0 aliphatic carbocycles. The van der Waals surface area contributed by atoms with Crippen molar-refractivity contribution in [1.82, 2.24) is 14.6 Å². The van der Waals surface area contributed by atoms with Crippen molar-refractivity contribution >= 4 is 19.2 Å². The zero-order valence-electron chi connectivity index (χ0n) is 33.1. The molecule has 1 aromatic carbocycles. The summed E-state index contributed by atoms with van der Waals surface area (Å²) in [7, 11) is -4.92. The monoisotopic (exact) mass is 818 g/mol. The zero-order chi connectivity index (χ0) is 41.3. The van der Waals surface area contributed by atoms with Crippen LogP contribution in [0.4, 0.5) is 10.2 Å². The van der Waals surface area contributed by atoms with Gasteiger partial charge in [-0.2, -0.15) is 15.6 Å². The van der Waals surface area contributed by atoms with Crippen LogP contribution in [0.15, 0.2) is 36.7 Å². The summed E-state index contributed by atoms with van der Waals surface area (Å²) in [5.41, 5.74) is 6.77. The zero-order valence-corrected chi connectivity index (χ0v) is 33.9. The number of halogens is 1. The van der Waals surface area contributed by atoms with E-state index in [1.54, 1.807) is 0 Å². The van der Waals surface area contributed by atoms with Crippen LogP contribution < -0.4 is 5.73 Å². The van der Waals surface area contributed by atoms with Gasteiger partial charge in [0.2, 0.25) is 0 Å². The molecule has 2 heterocycles. The molecule has 15 nitrogen and oxygen atoms in total. The number of nitrogens with two attached hydrogens (primary N) is 1. The van der Waals surface area contributed by atoms with Gasteiger partial charge in [-0.1, -0.05) is 103 Å². The smallest absolute Gasteiger partial charge is 0.419 e. The van der Waals surface area contributed by atoms with Gasteiger partial charge in [0, 0.05) is 6.61 Å². The summed E-state index contributed by atoms with van der Waals surface area (Å²) in [4.78, 5) is 14.5. The van der Waals surface area contributed by atoms with Crippen LogP contribution in [0.1, 0.15) is 133 Å². The third-order valence-electron chi connectivity index (χ3n) is 9.51. The van der Waals surface area contributed by atoms with Crippen molar-refractivity contribution in [2.24, 2.45) is 0 Å². The highest BCUT2D eigenvalue weighted by atomic mass is 31.2. The molecule has 0 saturated heterocycles. The maximum Gasteiger partial charge on any atom is 0.472 e. The molecule has 2 aromatic heterocycles. The minimum absolute atomic E-state index is 0.0838. The fraction of sp³-hybridized carbons (Fsp3) is 0.650. The maximum absolute atomic E-state index is 13.9. The molecule has 0 fully saturated rings. The first-order valence-corrected chi connectivity index (χ1v) is 21.6. The minimum Gasteiger partial charge on any atom is -0.419 e. The molecule has 0 aliphatic rings. The molecular weight excluding hydrogens is 758 g/mol. The van der Waals surface area contributed by atoms with Gasteiger partial charge < -0.3 is 35.1 Å². The molecule has 316 valence electrons. The summed E-state index contributed by atoms with van der Waals surface area (Å²) in [5, 5.41) is 44.2. The quantitative estimate of drug-likeness (QED) is 0.0271. The number of ether oxygens (including phenoxy) is 3. The van der Waals surface area contributed by atoms with Gasteiger partial charge >= 0.3 is 7.82 Å². The van der Waals surface area contributed by atoms with Crippen molar-refractivity contribution in [3.8, 4) is 12.3 Å². The summed E-state index contributed by atoms with van der Waals surface area (Å²) in [6.45, 7) is 1.23. The van der Waals surface area contributed by atoms with Gasteiger partial charge in [0.1, 0.15) is 36.0 Å². The van der Waals surface area contributed by atoms with Gasteiger partial charge in [-0.3, -0.25) is 9.05 Å².